The molecule has 2 aromatic carbocycles. The van der Waals surface area contributed by atoms with Crippen LogP contribution in [0.5, 0.6) is 0 Å². The Kier molecular flexibility index (Phi) is 4.55. The molecule has 122 valence electrons. The summed E-state index contributed by atoms with van der Waals surface area (Å²) in [5.74, 6) is -2.09. The lowest BCUT2D eigenvalue weighted by Gasteiger charge is -2.16. The fourth-order valence-corrected chi connectivity index (χ4v) is 3.33. The molecule has 2 aromatic rings. The van der Waals surface area contributed by atoms with Gasteiger partial charge in [0, 0.05) is 5.69 Å². The van der Waals surface area contributed by atoms with Crippen molar-refractivity contribution in [3.8, 4) is 0 Å². The highest BCUT2D eigenvalue weighted by Gasteiger charge is 2.19. The second-order valence-corrected chi connectivity index (χ2v) is 6.74. The molecule has 0 saturated carbocycles. The van der Waals surface area contributed by atoms with Crippen molar-refractivity contribution in [2.75, 3.05) is 11.0 Å². The van der Waals surface area contributed by atoms with Gasteiger partial charge in [0.05, 0.1) is 22.3 Å². The summed E-state index contributed by atoms with van der Waals surface area (Å²) >= 11 is 0. The van der Waals surface area contributed by atoms with Crippen LogP contribution >= 0.6 is 0 Å². The standard InChI is InChI=1S/C14H14N2O6S/c15-11-3-5-12(6-4-11)23(21,22)8-10-2-1-9(14(17)18)7-13(10)16(19)20/h1-7,19-20H,8,15H2,(H,17,18)/p-1. The molecule has 4 N–H and O–H groups in total. The maximum Gasteiger partial charge on any atom is 0.182 e. The highest BCUT2D eigenvalue weighted by atomic mass is 32.2. The van der Waals surface area contributed by atoms with E-state index < -0.39 is 21.6 Å². The minimum atomic E-state index is -3.79. The number of carboxylic acids is 1. The smallest absolute Gasteiger partial charge is 0.182 e. The molecule has 0 bridgehead atoms. The van der Waals surface area contributed by atoms with Crippen LogP contribution in [0.15, 0.2) is 47.4 Å². The van der Waals surface area contributed by atoms with E-state index in [4.69, 9.17) is 5.73 Å². The van der Waals surface area contributed by atoms with Crippen molar-refractivity contribution in [1.29, 1.82) is 0 Å². The van der Waals surface area contributed by atoms with E-state index in [2.05, 4.69) is 0 Å². The van der Waals surface area contributed by atoms with Crippen molar-refractivity contribution in [2.45, 2.75) is 10.6 Å². The van der Waals surface area contributed by atoms with Gasteiger partial charge < -0.3 is 15.6 Å². The Balaban J connectivity index is 2.42. The predicted molar refractivity (Wildman–Crippen MR) is 78.6 cm³/mol. The summed E-state index contributed by atoms with van der Waals surface area (Å²) in [5.41, 5.74) is 5.23. The molecule has 0 heterocycles. The van der Waals surface area contributed by atoms with E-state index in [1.54, 1.807) is 0 Å². The number of nitrogens with zero attached hydrogens (tertiary/aromatic N) is 1. The number of nitrogens with two attached hydrogens (primary N) is 1. The van der Waals surface area contributed by atoms with Crippen LogP contribution in [0.2, 0.25) is 0 Å². The van der Waals surface area contributed by atoms with E-state index in [0.717, 1.165) is 12.1 Å². The van der Waals surface area contributed by atoms with Crippen LogP contribution < -0.4 is 16.1 Å². The Morgan fingerprint density at radius 2 is 1.74 bits per heavy atom. The fourth-order valence-electron chi connectivity index (χ4n) is 1.96. The summed E-state index contributed by atoms with van der Waals surface area (Å²) in [4.78, 5) is 10.8. The average Bonchev–Trinajstić information content (AvgIpc) is 2.47. The lowest BCUT2D eigenvalue weighted by Crippen LogP contribution is -2.23. The zero-order chi connectivity index (χ0) is 17.2. The Labute approximate surface area is 131 Å². The lowest BCUT2D eigenvalue weighted by molar-refractivity contribution is -0.255. The van der Waals surface area contributed by atoms with Crippen LogP contribution in [-0.2, 0) is 15.6 Å². The van der Waals surface area contributed by atoms with Crippen LogP contribution in [0, 0.1) is 0 Å². The first-order chi connectivity index (χ1) is 10.7. The number of nitrogen functional groups attached to an aromatic ring is 1. The summed E-state index contributed by atoms with van der Waals surface area (Å²) in [6.45, 7) is 0. The van der Waals surface area contributed by atoms with E-state index in [1.165, 1.54) is 30.3 Å². The molecule has 0 saturated heterocycles. The number of hydrogen-bond acceptors (Lipinski definition) is 8. The third kappa shape index (κ3) is 3.77. The molecule has 0 atom stereocenters. The van der Waals surface area contributed by atoms with E-state index in [1.807, 2.05) is 0 Å². The van der Waals surface area contributed by atoms with Gasteiger partial charge >= 0.3 is 0 Å². The zero-order valence-electron chi connectivity index (χ0n) is 11.7. The van der Waals surface area contributed by atoms with Crippen LogP contribution in [0.25, 0.3) is 0 Å². The average molecular weight is 337 g/mol. The quantitative estimate of drug-likeness (QED) is 0.518. The lowest BCUT2D eigenvalue weighted by atomic mass is 10.1. The molecule has 23 heavy (non-hydrogen) atoms. The van der Waals surface area contributed by atoms with Gasteiger partial charge in [0.2, 0.25) is 0 Å². The molecular weight excluding hydrogens is 324 g/mol. The molecule has 2 rings (SSSR count). The van der Waals surface area contributed by atoms with Gasteiger partial charge in [-0.2, -0.15) is 0 Å². The number of carbonyl (C=O) groups is 1. The van der Waals surface area contributed by atoms with Gasteiger partial charge in [-0.25, -0.2) is 8.42 Å². The number of aromatic carboxylic acids is 1. The van der Waals surface area contributed by atoms with Gasteiger partial charge in [-0.15, -0.1) is 5.23 Å². The van der Waals surface area contributed by atoms with Crippen molar-refractivity contribution in [2.24, 2.45) is 0 Å². The molecule has 0 aliphatic rings. The molecule has 0 aliphatic heterocycles. The highest BCUT2D eigenvalue weighted by Crippen LogP contribution is 2.25. The Morgan fingerprint density at radius 3 is 2.26 bits per heavy atom. The monoisotopic (exact) mass is 337 g/mol. The topological polar surface area (TPSA) is 144 Å². The normalized spacial score (nSPS) is 11.2. The molecular formula is C14H13N2O6S-. The van der Waals surface area contributed by atoms with Crippen molar-refractivity contribution >= 4 is 27.2 Å². The minimum Gasteiger partial charge on any atom is -0.545 e. The second kappa shape index (κ2) is 6.24. The summed E-state index contributed by atoms with van der Waals surface area (Å²) in [7, 11) is -3.79. The summed E-state index contributed by atoms with van der Waals surface area (Å²) in [5, 5.41) is 28.8. The fraction of sp³-hybridized carbons (Fsp3) is 0.0714. The van der Waals surface area contributed by atoms with Crippen molar-refractivity contribution in [3.05, 3.63) is 53.6 Å². The Bertz CT molecular complexity index is 831. The first-order valence-corrected chi connectivity index (χ1v) is 7.96. The van der Waals surface area contributed by atoms with Gasteiger partial charge in [-0.1, -0.05) is 12.1 Å². The van der Waals surface area contributed by atoms with Gasteiger partial charge in [0.25, 0.3) is 0 Å². The molecule has 0 fully saturated rings. The number of carboxylic acid groups (broad SMARTS) is 1. The number of benzene rings is 2. The maximum absolute atomic E-state index is 12.4. The van der Waals surface area contributed by atoms with E-state index in [0.29, 0.717) is 5.69 Å². The number of carbonyl (C=O) groups excluding carboxylic acids is 1. The second-order valence-electron chi connectivity index (χ2n) is 4.75. The third-order valence-electron chi connectivity index (χ3n) is 3.12. The number of rotatable bonds is 5. The molecule has 8 nitrogen and oxygen atoms in total. The molecule has 0 aliphatic carbocycles. The van der Waals surface area contributed by atoms with Gasteiger partial charge in [-0.05, 0) is 41.5 Å². The van der Waals surface area contributed by atoms with Crippen LogP contribution in [0.3, 0.4) is 0 Å². The van der Waals surface area contributed by atoms with E-state index in [-0.39, 0.29) is 26.9 Å². The van der Waals surface area contributed by atoms with Gasteiger partial charge in [0.1, 0.15) is 0 Å². The van der Waals surface area contributed by atoms with Crippen molar-refractivity contribution < 1.29 is 28.7 Å². The molecule has 0 aromatic heterocycles. The molecule has 0 spiro atoms. The van der Waals surface area contributed by atoms with Gasteiger partial charge in [-0.3, -0.25) is 10.4 Å². The van der Waals surface area contributed by atoms with Crippen LogP contribution in [0.4, 0.5) is 11.4 Å². The highest BCUT2D eigenvalue weighted by molar-refractivity contribution is 7.90. The van der Waals surface area contributed by atoms with Crippen molar-refractivity contribution in [1.82, 2.24) is 0 Å². The van der Waals surface area contributed by atoms with Gasteiger partial charge in [0.15, 0.2) is 9.84 Å². The number of hydrogen-bond donors (Lipinski definition) is 3. The maximum atomic E-state index is 12.4. The number of anilines is 2. The summed E-state index contributed by atoms with van der Waals surface area (Å²) in [6, 6.07) is 8.72. The van der Waals surface area contributed by atoms with Crippen LogP contribution in [0.1, 0.15) is 15.9 Å². The largest absolute Gasteiger partial charge is 0.545 e. The predicted octanol–water partition coefficient (Wildman–Crippen LogP) is 0.191. The molecule has 0 unspecified atom stereocenters. The number of sulfone groups is 1. The molecule has 9 heteroatoms. The SMILES string of the molecule is Nc1ccc(S(=O)(=O)Cc2ccc(C(=O)[O-])cc2N(O)O)cc1. The minimum absolute atomic E-state index is 0.00376. The van der Waals surface area contributed by atoms with E-state index in [9.17, 15) is 28.7 Å². The third-order valence-corrected chi connectivity index (χ3v) is 4.80. The van der Waals surface area contributed by atoms with E-state index >= 15 is 0 Å². The Morgan fingerprint density at radius 1 is 1.13 bits per heavy atom. The molecule has 0 amide bonds. The van der Waals surface area contributed by atoms with Crippen molar-refractivity contribution in [3.63, 3.8) is 0 Å². The summed E-state index contributed by atoms with van der Waals surface area (Å²) < 4.78 is 24.7. The zero-order valence-corrected chi connectivity index (χ0v) is 12.5. The van der Waals surface area contributed by atoms with Crippen LogP contribution in [-0.4, -0.2) is 24.8 Å². The molecule has 0 radical (unpaired) electrons. The summed E-state index contributed by atoms with van der Waals surface area (Å²) in [6.07, 6.45) is 0. The Hall–Kier alpha value is -2.62. The first-order valence-electron chi connectivity index (χ1n) is 6.31. The first kappa shape index (κ1) is 16.7.